The molecule has 3 aromatic rings. The Morgan fingerprint density at radius 1 is 0.952 bits per heavy atom. The van der Waals surface area contributed by atoms with E-state index in [1.165, 1.54) is 18.2 Å². The maximum absolute atomic E-state index is 12.5. The zero-order chi connectivity index (χ0) is 29.6. The molecule has 1 saturated carbocycles. The fraction of sp³-hybridized carbons (Fsp3) is 0.333. The molecule has 1 aliphatic carbocycles. The molecule has 2 aromatic carbocycles. The molecular formula is C27H33N6NaO6S2. The van der Waals surface area contributed by atoms with Gasteiger partial charge in [0.05, 0.1) is 15.9 Å². The normalized spacial score (nSPS) is 13.0. The number of rotatable bonds is 13. The van der Waals surface area contributed by atoms with E-state index < -0.39 is 25.8 Å². The van der Waals surface area contributed by atoms with Gasteiger partial charge in [-0.15, -0.1) is 0 Å². The third-order valence-corrected chi connectivity index (χ3v) is 9.90. The number of sulfone groups is 1. The van der Waals surface area contributed by atoms with E-state index in [4.69, 9.17) is 0 Å². The molecule has 2 amide bonds. The van der Waals surface area contributed by atoms with E-state index in [1.807, 2.05) is 35.9 Å². The molecule has 0 bridgehead atoms. The summed E-state index contributed by atoms with van der Waals surface area (Å²) < 4.78 is 51.0. The van der Waals surface area contributed by atoms with Crippen LogP contribution in [-0.4, -0.2) is 79.2 Å². The number of nitrogens with one attached hydrogen (secondary N) is 4. The van der Waals surface area contributed by atoms with E-state index in [1.54, 1.807) is 19.2 Å². The quantitative estimate of drug-likeness (QED) is 0.207. The number of amides is 2. The molecule has 220 valence electrons. The van der Waals surface area contributed by atoms with E-state index in [0.717, 1.165) is 11.1 Å². The summed E-state index contributed by atoms with van der Waals surface area (Å²) in [6.45, 7) is 3.63. The van der Waals surface area contributed by atoms with Crippen LogP contribution in [0.5, 0.6) is 0 Å². The molecule has 12 nitrogen and oxygen atoms in total. The van der Waals surface area contributed by atoms with Crippen LogP contribution in [0.15, 0.2) is 59.6 Å². The number of hydrogen-bond donors (Lipinski definition) is 4. The molecule has 4 N–H and O–H groups in total. The second-order valence-electron chi connectivity index (χ2n) is 9.68. The number of aryl methyl sites for hydroxylation is 1. The van der Waals surface area contributed by atoms with E-state index >= 15 is 0 Å². The molecule has 0 unspecified atom stereocenters. The maximum atomic E-state index is 12.5. The van der Waals surface area contributed by atoms with E-state index in [-0.39, 0.29) is 76.7 Å². The van der Waals surface area contributed by atoms with Crippen LogP contribution in [0, 0.1) is 6.92 Å². The predicted octanol–water partition coefficient (Wildman–Crippen LogP) is 2.42. The molecule has 1 aliphatic rings. The summed E-state index contributed by atoms with van der Waals surface area (Å²) in [6, 6.07) is 13.3. The SMILES string of the molecule is CCC(=O)NS(=O)(=O)c1cccc(Nc2ncc(C)c(Nc3cccc(CNC(=O)CCS(=O)(=O)C4CC4)c3)n2)c1.[NaH]. The number of carbonyl (C=O) groups is 2. The van der Waals surface area contributed by atoms with E-state index in [0.29, 0.717) is 30.0 Å². The Balaban J connectivity index is 0.00000484. The molecule has 15 heteroatoms. The van der Waals surface area contributed by atoms with Crippen molar-refractivity contribution in [3.05, 3.63) is 65.9 Å². The zero-order valence-electron chi connectivity index (χ0n) is 22.7. The molecule has 0 radical (unpaired) electrons. The van der Waals surface area contributed by atoms with Crippen LogP contribution in [0.4, 0.5) is 23.1 Å². The summed E-state index contributed by atoms with van der Waals surface area (Å²) in [5.74, 6) is -0.335. The van der Waals surface area contributed by atoms with Crippen molar-refractivity contribution in [2.45, 2.75) is 56.2 Å². The third kappa shape index (κ3) is 9.49. The molecule has 0 spiro atoms. The van der Waals surface area contributed by atoms with Gasteiger partial charge in [-0.1, -0.05) is 25.1 Å². The Morgan fingerprint density at radius 2 is 1.64 bits per heavy atom. The average molecular weight is 625 g/mol. The third-order valence-electron chi connectivity index (χ3n) is 6.27. The first-order valence-corrected chi connectivity index (χ1v) is 16.3. The Morgan fingerprint density at radius 3 is 2.33 bits per heavy atom. The monoisotopic (exact) mass is 624 g/mol. The van der Waals surface area contributed by atoms with Crippen molar-refractivity contribution < 1.29 is 26.4 Å². The minimum absolute atomic E-state index is 0. The zero-order valence-corrected chi connectivity index (χ0v) is 24.3. The van der Waals surface area contributed by atoms with Crippen LogP contribution < -0.4 is 20.7 Å². The number of carbonyl (C=O) groups excluding carboxylic acids is 2. The Labute approximate surface area is 267 Å². The van der Waals surface area contributed by atoms with E-state index in [2.05, 4.69) is 25.9 Å². The summed E-state index contributed by atoms with van der Waals surface area (Å²) in [7, 11) is -7.19. The molecule has 1 aromatic heterocycles. The fourth-order valence-corrected chi connectivity index (χ4v) is 6.55. The standard InChI is InChI=1S/C27H32N6O6S2.Na.H/c1-3-24(34)33-41(38,39)23-9-5-8-21(15-23)31-27-29-16-18(2)26(32-27)30-20-7-4-6-19(14-20)17-28-25(35)12-13-40(36,37)22-10-11-22;;/h4-9,14-16,22H,3,10-13,17H2,1-2H3,(H,28,35)(H,33,34)(H2,29,30,31,32);;. The van der Waals surface area contributed by atoms with Crippen LogP contribution in [0.2, 0.25) is 0 Å². The molecule has 0 atom stereocenters. The molecule has 1 heterocycles. The van der Waals surface area contributed by atoms with Crippen molar-refractivity contribution in [1.29, 1.82) is 0 Å². The van der Waals surface area contributed by atoms with Gasteiger partial charge in [0.15, 0.2) is 9.84 Å². The van der Waals surface area contributed by atoms with Crippen LogP contribution >= 0.6 is 0 Å². The van der Waals surface area contributed by atoms with Crippen LogP contribution in [-0.2, 0) is 36.0 Å². The second kappa shape index (κ2) is 14.4. The van der Waals surface area contributed by atoms with Crippen LogP contribution in [0.1, 0.15) is 43.7 Å². The van der Waals surface area contributed by atoms with Gasteiger partial charge >= 0.3 is 29.6 Å². The number of sulfonamides is 1. The number of hydrogen-bond acceptors (Lipinski definition) is 10. The first kappa shape index (κ1) is 33.5. The van der Waals surface area contributed by atoms with Gasteiger partial charge in [-0.05, 0) is 55.7 Å². The first-order valence-electron chi connectivity index (χ1n) is 13.1. The second-order valence-corrected chi connectivity index (χ2v) is 13.8. The Hall–Kier alpha value is -3.04. The molecule has 42 heavy (non-hydrogen) atoms. The Bertz CT molecular complexity index is 1660. The molecule has 1 fully saturated rings. The van der Waals surface area contributed by atoms with Gasteiger partial charge in [0.1, 0.15) is 5.82 Å². The average Bonchev–Trinajstić information content (AvgIpc) is 3.79. The minimum atomic E-state index is -4.01. The number of benzene rings is 2. The van der Waals surface area contributed by atoms with Gasteiger partial charge in [-0.3, -0.25) is 9.59 Å². The fourth-order valence-electron chi connectivity index (χ4n) is 3.79. The van der Waals surface area contributed by atoms with Gasteiger partial charge < -0.3 is 16.0 Å². The van der Waals surface area contributed by atoms with Crippen molar-refractivity contribution >= 4 is 84.4 Å². The summed E-state index contributed by atoms with van der Waals surface area (Å²) in [5.41, 5.74) is 2.69. The van der Waals surface area contributed by atoms with E-state index in [9.17, 15) is 26.4 Å². The molecule has 4 rings (SSSR count). The van der Waals surface area contributed by atoms with Gasteiger partial charge in [0.2, 0.25) is 17.8 Å². The summed E-state index contributed by atoms with van der Waals surface area (Å²) in [4.78, 5) is 32.5. The van der Waals surface area contributed by atoms with Crippen LogP contribution in [0.25, 0.3) is 0 Å². The number of aromatic nitrogens is 2. The predicted molar refractivity (Wildman–Crippen MR) is 162 cm³/mol. The van der Waals surface area contributed by atoms with Gasteiger partial charge in [-0.25, -0.2) is 26.5 Å². The Kier molecular flexibility index (Phi) is 11.5. The molecular weight excluding hydrogens is 591 g/mol. The van der Waals surface area contributed by atoms with Gasteiger partial charge in [0.25, 0.3) is 10.0 Å². The van der Waals surface area contributed by atoms with Crippen molar-refractivity contribution in [2.75, 3.05) is 16.4 Å². The summed E-state index contributed by atoms with van der Waals surface area (Å²) >= 11 is 0. The molecule has 0 aliphatic heterocycles. The van der Waals surface area contributed by atoms with Gasteiger partial charge in [-0.2, -0.15) is 4.98 Å². The topological polar surface area (TPSA) is 176 Å². The van der Waals surface area contributed by atoms with Crippen molar-refractivity contribution in [2.24, 2.45) is 0 Å². The summed E-state index contributed by atoms with van der Waals surface area (Å²) in [6.07, 6.45) is 2.96. The molecule has 0 saturated heterocycles. The van der Waals surface area contributed by atoms with Crippen molar-refractivity contribution in [3.8, 4) is 0 Å². The first-order chi connectivity index (χ1) is 19.4. The summed E-state index contributed by atoms with van der Waals surface area (Å²) in [5, 5.41) is 8.70. The van der Waals surface area contributed by atoms with Crippen molar-refractivity contribution in [1.82, 2.24) is 20.0 Å². The number of nitrogens with zero attached hydrogens (tertiary/aromatic N) is 2. The number of anilines is 4. The van der Waals surface area contributed by atoms with Crippen LogP contribution in [0.3, 0.4) is 0 Å². The van der Waals surface area contributed by atoms with Gasteiger partial charge in [0, 0.05) is 42.5 Å². The van der Waals surface area contributed by atoms with Crippen molar-refractivity contribution in [3.63, 3.8) is 0 Å².